The molecule has 0 fully saturated rings. The summed E-state index contributed by atoms with van der Waals surface area (Å²) in [4.78, 5) is 18.4. The predicted octanol–water partition coefficient (Wildman–Crippen LogP) is 4.14. The van der Waals surface area contributed by atoms with Crippen LogP contribution in [0.2, 0.25) is 0 Å². The summed E-state index contributed by atoms with van der Waals surface area (Å²) in [6.45, 7) is 5.39. The van der Waals surface area contributed by atoms with E-state index in [1.54, 1.807) is 23.6 Å². The molecule has 1 aromatic heterocycles. The molecule has 0 atom stereocenters. The Morgan fingerprint density at radius 2 is 1.78 bits per heavy atom. The fourth-order valence-corrected chi connectivity index (χ4v) is 2.82. The van der Waals surface area contributed by atoms with E-state index in [0.717, 1.165) is 5.56 Å². The van der Waals surface area contributed by atoms with Crippen molar-refractivity contribution in [1.29, 1.82) is 0 Å². The van der Waals surface area contributed by atoms with Crippen molar-refractivity contribution in [3.63, 3.8) is 0 Å². The van der Waals surface area contributed by atoms with E-state index < -0.39 is 0 Å². The van der Waals surface area contributed by atoms with Gasteiger partial charge in [0, 0.05) is 11.8 Å². The van der Waals surface area contributed by atoms with Gasteiger partial charge >= 0.3 is 0 Å². The molecule has 5 nitrogen and oxygen atoms in total. The van der Waals surface area contributed by atoms with Crippen molar-refractivity contribution < 1.29 is 9.94 Å². The Morgan fingerprint density at radius 1 is 1.15 bits per heavy atom. The number of aromatic nitrogens is 1. The molecule has 5 heteroatoms. The monoisotopic (exact) mass is 360 g/mol. The predicted molar refractivity (Wildman–Crippen MR) is 107 cm³/mol. The highest BCUT2D eigenvalue weighted by Crippen LogP contribution is 2.27. The average Bonchev–Trinajstić information content (AvgIpc) is 2.69. The van der Waals surface area contributed by atoms with Crippen LogP contribution in [0.1, 0.15) is 12.5 Å². The van der Waals surface area contributed by atoms with Crippen molar-refractivity contribution in [2.75, 3.05) is 6.61 Å². The van der Waals surface area contributed by atoms with E-state index in [2.05, 4.69) is 11.7 Å². The zero-order chi connectivity index (χ0) is 19.2. The highest BCUT2D eigenvalue weighted by molar-refractivity contribution is 6.00. The maximum Gasteiger partial charge on any atom is 0.268 e. The molecule has 0 aliphatic carbocycles. The molecule has 2 aromatic carbocycles. The molecule has 0 spiro atoms. The number of hydrogen-bond acceptors (Lipinski definition) is 4. The minimum atomic E-state index is -0.372. The molecule has 0 unspecified atom stereocenters. The third-order valence-corrected chi connectivity index (χ3v) is 4.03. The Labute approximate surface area is 157 Å². The van der Waals surface area contributed by atoms with Gasteiger partial charge in [-0.05, 0) is 24.6 Å². The molecule has 0 amide bonds. The number of para-hydroxylation sites is 1. The molecule has 0 aliphatic rings. The van der Waals surface area contributed by atoms with Gasteiger partial charge in [0.25, 0.3) is 5.56 Å². The summed E-state index contributed by atoms with van der Waals surface area (Å²) in [5, 5.41) is 14.5. The Hall–Kier alpha value is -3.60. The van der Waals surface area contributed by atoms with E-state index in [0.29, 0.717) is 17.1 Å². The number of hydrogen-bond donors (Lipinski definition) is 1. The van der Waals surface area contributed by atoms with Crippen LogP contribution in [0.5, 0.6) is 5.75 Å². The van der Waals surface area contributed by atoms with Crippen LogP contribution in [0.4, 0.5) is 0 Å². The van der Waals surface area contributed by atoms with Gasteiger partial charge in [-0.25, -0.2) is 0 Å². The van der Waals surface area contributed by atoms with Crippen LogP contribution in [-0.4, -0.2) is 22.0 Å². The molecule has 0 bridgehead atoms. The van der Waals surface area contributed by atoms with Gasteiger partial charge in [0.15, 0.2) is 0 Å². The molecule has 1 heterocycles. The second kappa shape index (κ2) is 8.19. The first-order valence-corrected chi connectivity index (χ1v) is 8.51. The lowest BCUT2D eigenvalue weighted by atomic mass is 10.1. The Kier molecular flexibility index (Phi) is 5.52. The van der Waals surface area contributed by atoms with Crippen LogP contribution < -0.4 is 5.56 Å². The smallest absolute Gasteiger partial charge is 0.268 e. The van der Waals surface area contributed by atoms with Gasteiger partial charge in [-0.3, -0.25) is 9.36 Å². The zero-order valence-corrected chi connectivity index (χ0v) is 15.0. The number of pyridine rings is 1. The number of benzene rings is 2. The lowest BCUT2D eigenvalue weighted by Gasteiger charge is -2.16. The molecule has 3 aromatic rings. The highest BCUT2D eigenvalue weighted by Gasteiger charge is 2.19. The second-order valence-corrected chi connectivity index (χ2v) is 5.89. The van der Waals surface area contributed by atoms with E-state index in [1.165, 1.54) is 0 Å². The molecule has 0 saturated carbocycles. The largest absolute Gasteiger partial charge is 0.507 e. The first-order chi connectivity index (χ1) is 13.1. The number of nitrogens with zero attached hydrogens (tertiary/aromatic N) is 2. The molecular formula is C22H20N2O3. The molecule has 0 radical (unpaired) electrons. The number of rotatable bonds is 6. The van der Waals surface area contributed by atoms with Crippen molar-refractivity contribution >= 4 is 5.71 Å². The number of oxime groups is 1. The van der Waals surface area contributed by atoms with Gasteiger partial charge in [0.05, 0.1) is 11.4 Å². The first-order valence-electron chi connectivity index (χ1n) is 8.51. The molecule has 136 valence electrons. The molecule has 0 saturated heterocycles. The standard InChI is InChI=1S/C22H20N2O3/c1-3-14-27-23-16(2)21-20(25)15-19(17-10-6-4-7-11-17)24(22(21)26)18-12-8-5-9-13-18/h3-13,15,25H,1,14H2,2H3. The summed E-state index contributed by atoms with van der Waals surface area (Å²) < 4.78 is 1.57. The lowest BCUT2D eigenvalue weighted by Crippen LogP contribution is -2.26. The molecule has 1 N–H and O–H groups in total. The summed E-state index contributed by atoms with van der Waals surface area (Å²) in [7, 11) is 0. The van der Waals surface area contributed by atoms with Gasteiger partial charge in [-0.15, -0.1) is 0 Å². The maximum absolute atomic E-state index is 13.3. The van der Waals surface area contributed by atoms with Gasteiger partial charge in [0.2, 0.25) is 0 Å². The second-order valence-electron chi connectivity index (χ2n) is 5.89. The van der Waals surface area contributed by atoms with E-state index in [4.69, 9.17) is 4.84 Å². The van der Waals surface area contributed by atoms with Crippen LogP contribution in [0.3, 0.4) is 0 Å². The fourth-order valence-electron chi connectivity index (χ4n) is 2.82. The van der Waals surface area contributed by atoms with Crippen LogP contribution in [0.15, 0.2) is 89.3 Å². The van der Waals surface area contributed by atoms with Gasteiger partial charge in [0.1, 0.15) is 17.9 Å². The zero-order valence-electron chi connectivity index (χ0n) is 15.0. The summed E-state index contributed by atoms with van der Waals surface area (Å²) in [6, 6.07) is 20.3. The molecule has 27 heavy (non-hydrogen) atoms. The highest BCUT2D eigenvalue weighted by atomic mass is 16.6. The quantitative estimate of drug-likeness (QED) is 0.311. The van der Waals surface area contributed by atoms with Gasteiger partial charge in [-0.2, -0.15) is 0 Å². The minimum Gasteiger partial charge on any atom is -0.507 e. The van der Waals surface area contributed by atoms with Crippen molar-refractivity contribution in [3.05, 3.63) is 95.3 Å². The fraction of sp³-hybridized carbons (Fsp3) is 0.0909. The van der Waals surface area contributed by atoms with Crippen molar-refractivity contribution in [2.24, 2.45) is 5.16 Å². The van der Waals surface area contributed by atoms with Gasteiger partial charge in [-0.1, -0.05) is 66.3 Å². The summed E-state index contributed by atoms with van der Waals surface area (Å²) in [5.74, 6) is -0.144. The van der Waals surface area contributed by atoms with Crippen molar-refractivity contribution in [3.8, 4) is 22.7 Å². The van der Waals surface area contributed by atoms with Gasteiger partial charge < -0.3 is 9.94 Å². The van der Waals surface area contributed by atoms with Crippen molar-refractivity contribution in [1.82, 2.24) is 4.57 Å². The van der Waals surface area contributed by atoms with E-state index in [9.17, 15) is 9.90 Å². The lowest BCUT2D eigenvalue weighted by molar-refractivity contribution is 0.175. The Bertz CT molecular complexity index is 1020. The minimum absolute atomic E-state index is 0.0996. The maximum atomic E-state index is 13.3. The third-order valence-electron chi connectivity index (χ3n) is 4.03. The summed E-state index contributed by atoms with van der Waals surface area (Å²) >= 11 is 0. The van der Waals surface area contributed by atoms with E-state index >= 15 is 0 Å². The van der Waals surface area contributed by atoms with Crippen LogP contribution in [-0.2, 0) is 4.84 Å². The van der Waals surface area contributed by atoms with Crippen LogP contribution >= 0.6 is 0 Å². The van der Waals surface area contributed by atoms with E-state index in [-0.39, 0.29) is 23.5 Å². The average molecular weight is 360 g/mol. The SMILES string of the molecule is C=CCON=C(C)c1c(O)cc(-c2ccccc2)n(-c2ccccc2)c1=O. The normalized spacial score (nSPS) is 11.2. The number of aromatic hydroxyl groups is 1. The summed E-state index contributed by atoms with van der Waals surface area (Å²) in [5.41, 5.74) is 2.13. The van der Waals surface area contributed by atoms with E-state index in [1.807, 2.05) is 60.7 Å². The van der Waals surface area contributed by atoms with Crippen LogP contribution in [0.25, 0.3) is 16.9 Å². The molecular weight excluding hydrogens is 340 g/mol. The summed E-state index contributed by atoms with van der Waals surface area (Å²) in [6.07, 6.45) is 1.55. The third kappa shape index (κ3) is 3.82. The molecule has 3 rings (SSSR count). The van der Waals surface area contributed by atoms with Crippen LogP contribution in [0, 0.1) is 0 Å². The first kappa shape index (κ1) is 18.2. The Morgan fingerprint density at radius 3 is 2.41 bits per heavy atom. The molecule has 0 aliphatic heterocycles. The topological polar surface area (TPSA) is 63.8 Å². The Balaban J connectivity index is 2.27. The van der Waals surface area contributed by atoms with Crippen molar-refractivity contribution in [2.45, 2.75) is 6.92 Å².